The first-order valence-corrected chi connectivity index (χ1v) is 8.95. The van der Waals surface area contributed by atoms with Gasteiger partial charge in [-0.1, -0.05) is 0 Å². The fourth-order valence-electron chi connectivity index (χ4n) is 3.93. The fourth-order valence-corrected chi connectivity index (χ4v) is 4.49. The van der Waals surface area contributed by atoms with Gasteiger partial charge in [0.05, 0.1) is 28.9 Å². The number of nitrogens with zero attached hydrogens (tertiary/aromatic N) is 2. The largest absolute Gasteiger partial charge is 0.469 e. The third-order valence-corrected chi connectivity index (χ3v) is 5.92. The van der Waals surface area contributed by atoms with E-state index in [9.17, 15) is 9.18 Å². The van der Waals surface area contributed by atoms with Crippen LogP contribution in [0.3, 0.4) is 0 Å². The summed E-state index contributed by atoms with van der Waals surface area (Å²) in [6, 6.07) is 6.21. The Bertz CT molecular complexity index is 774. The first-order valence-electron chi connectivity index (χ1n) is 8.15. The summed E-state index contributed by atoms with van der Waals surface area (Å²) < 4.78 is 20.7. The Kier molecular flexibility index (Phi) is 3.95. The number of esters is 1. The van der Waals surface area contributed by atoms with E-state index in [2.05, 4.69) is 15.9 Å². The average Bonchev–Trinajstić information content (AvgIpc) is 3.25. The number of methoxy groups -OCH3 is 1. The molecule has 2 aliphatic carbocycles. The average molecular weight is 393 g/mol. The number of hydrogen-bond acceptors (Lipinski definition) is 3. The summed E-state index contributed by atoms with van der Waals surface area (Å²) in [5, 5.41) is 4.69. The second-order valence-corrected chi connectivity index (χ2v) is 7.60. The molecule has 0 aliphatic heterocycles. The highest BCUT2D eigenvalue weighted by atomic mass is 79.9. The molecular formula is C18H18BrFN2O2. The predicted octanol–water partition coefficient (Wildman–Crippen LogP) is 4.08. The van der Waals surface area contributed by atoms with Crippen LogP contribution < -0.4 is 0 Å². The van der Waals surface area contributed by atoms with Gasteiger partial charge in [-0.25, -0.2) is 9.07 Å². The highest BCUT2D eigenvalue weighted by Crippen LogP contribution is 2.57. The SMILES string of the molecule is COC(=O)C1CC2CC2CC1c1nn(-c2ccc(F)cc2)cc1Br. The summed E-state index contributed by atoms with van der Waals surface area (Å²) in [4.78, 5) is 12.2. The summed E-state index contributed by atoms with van der Waals surface area (Å²) in [6.07, 6.45) is 4.94. The second kappa shape index (κ2) is 5.99. The third kappa shape index (κ3) is 2.77. The molecule has 4 atom stereocenters. The van der Waals surface area contributed by atoms with E-state index in [0.29, 0.717) is 11.8 Å². The zero-order valence-corrected chi connectivity index (χ0v) is 14.9. The van der Waals surface area contributed by atoms with Gasteiger partial charge in [-0.2, -0.15) is 5.10 Å². The number of carbonyl (C=O) groups excluding carboxylic acids is 1. The van der Waals surface area contributed by atoms with Crippen molar-refractivity contribution in [1.82, 2.24) is 9.78 Å². The molecule has 0 N–H and O–H groups in total. The van der Waals surface area contributed by atoms with Crippen LogP contribution in [0.25, 0.3) is 5.69 Å². The minimum Gasteiger partial charge on any atom is -0.469 e. The number of fused-ring (bicyclic) bond motifs is 1. The number of rotatable bonds is 3. The highest BCUT2D eigenvalue weighted by Gasteiger charge is 2.50. The van der Waals surface area contributed by atoms with Crippen LogP contribution in [0, 0.1) is 23.6 Å². The van der Waals surface area contributed by atoms with E-state index in [0.717, 1.165) is 28.7 Å². The topological polar surface area (TPSA) is 44.1 Å². The fraction of sp³-hybridized carbons (Fsp3) is 0.444. The van der Waals surface area contributed by atoms with E-state index in [1.54, 1.807) is 16.8 Å². The van der Waals surface area contributed by atoms with Gasteiger partial charge in [0, 0.05) is 12.1 Å². The van der Waals surface area contributed by atoms with Crippen molar-refractivity contribution in [3.8, 4) is 5.69 Å². The number of hydrogen-bond donors (Lipinski definition) is 0. The molecule has 4 unspecified atom stereocenters. The van der Waals surface area contributed by atoms with Crippen molar-refractivity contribution in [1.29, 1.82) is 0 Å². The van der Waals surface area contributed by atoms with Crippen LogP contribution in [-0.2, 0) is 9.53 Å². The molecule has 0 amide bonds. The van der Waals surface area contributed by atoms with Crippen molar-refractivity contribution in [3.63, 3.8) is 0 Å². The van der Waals surface area contributed by atoms with E-state index in [4.69, 9.17) is 9.84 Å². The molecule has 0 radical (unpaired) electrons. The smallest absolute Gasteiger partial charge is 0.309 e. The van der Waals surface area contributed by atoms with Crippen molar-refractivity contribution >= 4 is 21.9 Å². The van der Waals surface area contributed by atoms with Crippen molar-refractivity contribution in [3.05, 3.63) is 46.4 Å². The van der Waals surface area contributed by atoms with Crippen molar-refractivity contribution < 1.29 is 13.9 Å². The van der Waals surface area contributed by atoms with Gasteiger partial charge in [-0.3, -0.25) is 4.79 Å². The zero-order valence-electron chi connectivity index (χ0n) is 13.3. The molecule has 0 saturated heterocycles. The number of carbonyl (C=O) groups is 1. The maximum absolute atomic E-state index is 13.1. The molecule has 1 heterocycles. The number of aromatic nitrogens is 2. The quantitative estimate of drug-likeness (QED) is 0.739. The molecule has 2 fully saturated rings. The molecular weight excluding hydrogens is 375 g/mol. The molecule has 2 aliphatic rings. The standard InChI is InChI=1S/C18H18BrFN2O2/c1-24-18(23)15-8-11-6-10(11)7-14(15)17-16(19)9-22(21-17)13-4-2-12(20)3-5-13/h2-5,9-11,14-15H,6-8H2,1H3. The molecule has 24 heavy (non-hydrogen) atoms. The van der Waals surface area contributed by atoms with Gasteiger partial charge in [0.1, 0.15) is 5.82 Å². The van der Waals surface area contributed by atoms with Crippen LogP contribution >= 0.6 is 15.9 Å². The molecule has 4 nitrogen and oxygen atoms in total. The predicted molar refractivity (Wildman–Crippen MR) is 90.3 cm³/mol. The van der Waals surface area contributed by atoms with Gasteiger partial charge >= 0.3 is 5.97 Å². The maximum Gasteiger partial charge on any atom is 0.309 e. The van der Waals surface area contributed by atoms with Gasteiger partial charge in [-0.05, 0) is 71.3 Å². The minimum absolute atomic E-state index is 0.0669. The summed E-state index contributed by atoms with van der Waals surface area (Å²) in [5.41, 5.74) is 1.68. The van der Waals surface area contributed by atoms with E-state index in [-0.39, 0.29) is 23.6 Å². The third-order valence-electron chi connectivity index (χ3n) is 5.31. The van der Waals surface area contributed by atoms with Crippen LogP contribution in [0.15, 0.2) is 34.9 Å². The van der Waals surface area contributed by atoms with E-state index >= 15 is 0 Å². The molecule has 1 aromatic carbocycles. The Hall–Kier alpha value is -1.69. The first kappa shape index (κ1) is 15.8. The molecule has 2 aromatic rings. The Morgan fingerprint density at radius 3 is 2.67 bits per heavy atom. The van der Waals surface area contributed by atoms with Crippen LogP contribution in [-0.4, -0.2) is 22.9 Å². The molecule has 126 valence electrons. The van der Waals surface area contributed by atoms with Gasteiger partial charge in [0.25, 0.3) is 0 Å². The summed E-state index contributed by atoms with van der Waals surface area (Å²) in [6.45, 7) is 0. The van der Waals surface area contributed by atoms with Crippen LogP contribution in [0.1, 0.15) is 30.9 Å². The maximum atomic E-state index is 13.1. The lowest BCUT2D eigenvalue weighted by Crippen LogP contribution is -2.28. The second-order valence-electron chi connectivity index (χ2n) is 6.75. The molecule has 4 rings (SSSR count). The van der Waals surface area contributed by atoms with Gasteiger partial charge in [0.2, 0.25) is 0 Å². The van der Waals surface area contributed by atoms with Crippen LogP contribution in [0.2, 0.25) is 0 Å². The molecule has 0 spiro atoms. The lowest BCUT2D eigenvalue weighted by atomic mass is 9.77. The van der Waals surface area contributed by atoms with E-state index in [1.807, 2.05) is 6.20 Å². The summed E-state index contributed by atoms with van der Waals surface area (Å²) in [5.74, 6) is 0.891. The van der Waals surface area contributed by atoms with Gasteiger partial charge in [-0.15, -0.1) is 0 Å². The molecule has 6 heteroatoms. The Balaban J connectivity index is 1.67. The molecule has 0 bridgehead atoms. The van der Waals surface area contributed by atoms with Gasteiger partial charge in [0.15, 0.2) is 0 Å². The van der Waals surface area contributed by atoms with Crippen molar-refractivity contribution in [2.45, 2.75) is 25.2 Å². The van der Waals surface area contributed by atoms with Gasteiger partial charge < -0.3 is 4.74 Å². The lowest BCUT2D eigenvalue weighted by Gasteiger charge is -2.28. The van der Waals surface area contributed by atoms with Crippen molar-refractivity contribution in [2.24, 2.45) is 17.8 Å². The van der Waals surface area contributed by atoms with Crippen LogP contribution in [0.5, 0.6) is 0 Å². The minimum atomic E-state index is -0.275. The molecule has 1 aromatic heterocycles. The zero-order chi connectivity index (χ0) is 16.8. The number of ether oxygens (including phenoxy) is 1. The van der Waals surface area contributed by atoms with Crippen LogP contribution in [0.4, 0.5) is 4.39 Å². The molecule has 2 saturated carbocycles. The number of halogens is 2. The Morgan fingerprint density at radius 1 is 1.25 bits per heavy atom. The van der Waals surface area contributed by atoms with E-state index < -0.39 is 0 Å². The lowest BCUT2D eigenvalue weighted by molar-refractivity contribution is -0.147. The summed E-state index contributed by atoms with van der Waals surface area (Å²) >= 11 is 3.59. The first-order chi connectivity index (χ1) is 11.6. The number of benzene rings is 1. The Labute approximate surface area is 148 Å². The Morgan fingerprint density at radius 2 is 1.96 bits per heavy atom. The van der Waals surface area contributed by atoms with Crippen molar-refractivity contribution in [2.75, 3.05) is 7.11 Å². The monoisotopic (exact) mass is 392 g/mol. The van der Waals surface area contributed by atoms with E-state index in [1.165, 1.54) is 25.7 Å². The normalized spacial score (nSPS) is 28.3. The summed E-state index contributed by atoms with van der Waals surface area (Å²) in [7, 11) is 1.45. The highest BCUT2D eigenvalue weighted by molar-refractivity contribution is 9.10.